The molecule has 0 radical (unpaired) electrons. The van der Waals surface area contributed by atoms with Gasteiger partial charge in [0, 0.05) is 7.11 Å². The summed E-state index contributed by atoms with van der Waals surface area (Å²) in [6.07, 6.45) is 6.36. The van der Waals surface area contributed by atoms with Crippen molar-refractivity contribution in [1.82, 2.24) is 0 Å². The molecule has 4 nitrogen and oxygen atoms in total. The molecule has 106 valence electrons. The Balaban J connectivity index is 2.14. The first-order valence-corrected chi connectivity index (χ1v) is 6.64. The predicted octanol–water partition coefficient (Wildman–Crippen LogP) is 2.53. The molecular formula is C14H26O4. The minimum absolute atomic E-state index is 0.0312. The fraction of sp³-hybridized carbons (Fsp3) is 0.857. The van der Waals surface area contributed by atoms with Gasteiger partial charge in [-0.2, -0.15) is 0 Å². The monoisotopic (exact) mass is 258 g/mol. The van der Waals surface area contributed by atoms with E-state index < -0.39 is 5.79 Å². The summed E-state index contributed by atoms with van der Waals surface area (Å²) in [6.45, 7) is 7.70. The van der Waals surface area contributed by atoms with Crippen molar-refractivity contribution < 1.29 is 18.9 Å². The summed E-state index contributed by atoms with van der Waals surface area (Å²) >= 11 is 0. The molecule has 2 atom stereocenters. The number of allylic oxidation sites excluding steroid dienone is 1. The van der Waals surface area contributed by atoms with Crippen LogP contribution < -0.4 is 0 Å². The Hall–Kier alpha value is -0.420. The lowest BCUT2D eigenvalue weighted by Crippen LogP contribution is -2.26. The molecule has 0 bridgehead atoms. The largest absolute Gasteiger partial charge is 0.379 e. The molecule has 2 unspecified atom stereocenters. The quantitative estimate of drug-likeness (QED) is 0.627. The maximum absolute atomic E-state index is 5.66. The van der Waals surface area contributed by atoms with E-state index in [2.05, 4.69) is 19.1 Å². The molecule has 0 aromatic carbocycles. The molecule has 1 rings (SSSR count). The highest BCUT2D eigenvalue weighted by atomic mass is 16.7. The summed E-state index contributed by atoms with van der Waals surface area (Å²) in [5, 5.41) is 0. The Morgan fingerprint density at radius 2 is 2.17 bits per heavy atom. The van der Waals surface area contributed by atoms with Gasteiger partial charge in [-0.25, -0.2) is 0 Å². The Morgan fingerprint density at radius 1 is 1.39 bits per heavy atom. The van der Waals surface area contributed by atoms with Crippen LogP contribution in [0.15, 0.2) is 12.2 Å². The van der Waals surface area contributed by atoms with Gasteiger partial charge >= 0.3 is 0 Å². The molecule has 1 fully saturated rings. The molecule has 0 aromatic rings. The number of ether oxygens (including phenoxy) is 4. The van der Waals surface area contributed by atoms with Crippen molar-refractivity contribution in [1.29, 1.82) is 0 Å². The Labute approximate surface area is 110 Å². The smallest absolute Gasteiger partial charge is 0.163 e. The van der Waals surface area contributed by atoms with Gasteiger partial charge in [0.05, 0.1) is 25.9 Å². The SMILES string of the molecule is CCC=CCC(COCC1COC(C)(C)O1)OC. The van der Waals surface area contributed by atoms with Gasteiger partial charge in [-0.15, -0.1) is 0 Å². The molecule has 0 N–H and O–H groups in total. The van der Waals surface area contributed by atoms with Gasteiger partial charge in [-0.3, -0.25) is 0 Å². The van der Waals surface area contributed by atoms with E-state index in [1.54, 1.807) is 7.11 Å². The number of hydrogen-bond acceptors (Lipinski definition) is 4. The third-order valence-corrected chi connectivity index (χ3v) is 2.81. The van der Waals surface area contributed by atoms with Crippen molar-refractivity contribution in [2.24, 2.45) is 0 Å². The molecule has 0 aromatic heterocycles. The Morgan fingerprint density at radius 3 is 2.72 bits per heavy atom. The Bertz CT molecular complexity index is 250. The predicted molar refractivity (Wildman–Crippen MR) is 70.6 cm³/mol. The van der Waals surface area contributed by atoms with Crippen LogP contribution in [0, 0.1) is 0 Å². The van der Waals surface area contributed by atoms with E-state index in [1.165, 1.54) is 0 Å². The molecule has 1 aliphatic heterocycles. The van der Waals surface area contributed by atoms with E-state index >= 15 is 0 Å². The van der Waals surface area contributed by atoms with Crippen molar-refractivity contribution >= 4 is 0 Å². The first kappa shape index (κ1) is 15.6. The van der Waals surface area contributed by atoms with Crippen molar-refractivity contribution in [2.45, 2.75) is 51.6 Å². The summed E-state index contributed by atoms with van der Waals surface area (Å²) in [7, 11) is 1.71. The first-order chi connectivity index (χ1) is 8.57. The number of hydrogen-bond donors (Lipinski definition) is 0. The van der Waals surface area contributed by atoms with E-state index in [1.807, 2.05) is 13.8 Å². The zero-order chi connectivity index (χ0) is 13.4. The van der Waals surface area contributed by atoms with Crippen LogP contribution in [0.5, 0.6) is 0 Å². The highest BCUT2D eigenvalue weighted by molar-refractivity contribution is 4.83. The third-order valence-electron chi connectivity index (χ3n) is 2.81. The molecule has 0 aliphatic carbocycles. The maximum atomic E-state index is 5.66. The van der Waals surface area contributed by atoms with Crippen LogP contribution in [-0.4, -0.2) is 44.9 Å². The minimum Gasteiger partial charge on any atom is -0.379 e. The molecule has 0 spiro atoms. The topological polar surface area (TPSA) is 36.9 Å². The average Bonchev–Trinajstić information content (AvgIpc) is 2.67. The molecule has 4 heteroatoms. The lowest BCUT2D eigenvalue weighted by atomic mass is 10.2. The maximum Gasteiger partial charge on any atom is 0.163 e. The molecular weight excluding hydrogens is 232 g/mol. The van der Waals surface area contributed by atoms with E-state index in [0.29, 0.717) is 19.8 Å². The van der Waals surface area contributed by atoms with Gasteiger partial charge in [0.15, 0.2) is 5.79 Å². The highest BCUT2D eigenvalue weighted by Crippen LogP contribution is 2.22. The van der Waals surface area contributed by atoms with E-state index in [-0.39, 0.29) is 12.2 Å². The summed E-state index contributed by atoms with van der Waals surface area (Å²) in [5.41, 5.74) is 0. The molecule has 0 amide bonds. The van der Waals surface area contributed by atoms with Crippen LogP contribution in [0.3, 0.4) is 0 Å². The van der Waals surface area contributed by atoms with Gasteiger partial charge < -0.3 is 18.9 Å². The van der Waals surface area contributed by atoms with Crippen molar-refractivity contribution in [3.05, 3.63) is 12.2 Å². The van der Waals surface area contributed by atoms with Crippen molar-refractivity contribution in [2.75, 3.05) is 26.9 Å². The van der Waals surface area contributed by atoms with Crippen LogP contribution in [0.25, 0.3) is 0 Å². The van der Waals surface area contributed by atoms with Crippen LogP contribution in [0.1, 0.15) is 33.6 Å². The highest BCUT2D eigenvalue weighted by Gasteiger charge is 2.32. The summed E-state index contributed by atoms with van der Waals surface area (Å²) in [6, 6.07) is 0. The third kappa shape index (κ3) is 5.96. The normalized spacial score (nSPS) is 24.8. The summed E-state index contributed by atoms with van der Waals surface area (Å²) in [4.78, 5) is 0. The summed E-state index contributed by atoms with van der Waals surface area (Å²) in [5.74, 6) is -0.474. The standard InChI is InChI=1S/C14H26O4/c1-5-6-7-8-12(15-4)9-16-10-13-11-17-14(2,3)18-13/h6-7,12-13H,5,8-11H2,1-4H3. The van der Waals surface area contributed by atoms with Crippen molar-refractivity contribution in [3.8, 4) is 0 Å². The van der Waals surface area contributed by atoms with Crippen molar-refractivity contribution in [3.63, 3.8) is 0 Å². The summed E-state index contributed by atoms with van der Waals surface area (Å²) < 4.78 is 22.1. The number of methoxy groups -OCH3 is 1. The van der Waals surface area contributed by atoms with Gasteiger partial charge in [-0.05, 0) is 26.7 Å². The second kappa shape index (κ2) is 7.89. The van der Waals surface area contributed by atoms with Gasteiger partial charge in [0.25, 0.3) is 0 Å². The van der Waals surface area contributed by atoms with Gasteiger partial charge in [0.1, 0.15) is 6.10 Å². The fourth-order valence-corrected chi connectivity index (χ4v) is 1.82. The van der Waals surface area contributed by atoms with Gasteiger partial charge in [-0.1, -0.05) is 19.1 Å². The average molecular weight is 258 g/mol. The number of rotatable bonds is 8. The zero-order valence-electron chi connectivity index (χ0n) is 12.0. The van der Waals surface area contributed by atoms with Crippen LogP contribution in [-0.2, 0) is 18.9 Å². The van der Waals surface area contributed by atoms with Crippen LogP contribution in [0.2, 0.25) is 0 Å². The Kier molecular flexibility index (Phi) is 6.86. The van der Waals surface area contributed by atoms with Crippen LogP contribution in [0.4, 0.5) is 0 Å². The van der Waals surface area contributed by atoms with E-state index in [4.69, 9.17) is 18.9 Å². The lowest BCUT2D eigenvalue weighted by molar-refractivity contribution is -0.146. The zero-order valence-corrected chi connectivity index (χ0v) is 12.0. The molecule has 1 aliphatic rings. The first-order valence-electron chi connectivity index (χ1n) is 6.64. The molecule has 1 heterocycles. The minimum atomic E-state index is -0.474. The fourth-order valence-electron chi connectivity index (χ4n) is 1.82. The van der Waals surface area contributed by atoms with Gasteiger partial charge in [0.2, 0.25) is 0 Å². The second-order valence-electron chi connectivity index (χ2n) is 4.96. The van der Waals surface area contributed by atoms with E-state index in [9.17, 15) is 0 Å². The molecule has 1 saturated heterocycles. The van der Waals surface area contributed by atoms with Crippen LogP contribution >= 0.6 is 0 Å². The van der Waals surface area contributed by atoms with E-state index in [0.717, 1.165) is 12.8 Å². The second-order valence-corrected chi connectivity index (χ2v) is 4.96. The lowest BCUT2D eigenvalue weighted by Gasteiger charge is -2.18. The molecule has 0 saturated carbocycles. The molecule has 18 heavy (non-hydrogen) atoms.